The Bertz CT molecular complexity index is 936. The van der Waals surface area contributed by atoms with Crippen molar-refractivity contribution in [3.05, 3.63) is 57.6 Å². The number of carboxylic acid groups (broad SMARTS) is 1. The fourth-order valence-corrected chi connectivity index (χ4v) is 2.31. The van der Waals surface area contributed by atoms with Gasteiger partial charge in [-0.05, 0) is 30.3 Å². The lowest BCUT2D eigenvalue weighted by molar-refractivity contribution is -0.384. The molecule has 0 unspecified atom stereocenters. The van der Waals surface area contributed by atoms with E-state index in [1.54, 1.807) is 24.3 Å². The van der Waals surface area contributed by atoms with Gasteiger partial charge in [0.15, 0.2) is 5.82 Å². The molecule has 24 heavy (non-hydrogen) atoms. The van der Waals surface area contributed by atoms with Crippen LogP contribution in [0.1, 0.15) is 0 Å². The molecule has 0 aliphatic heterocycles. The van der Waals surface area contributed by atoms with Crippen LogP contribution >= 0.6 is 11.6 Å². The number of carboxylic acids is 1. The highest BCUT2D eigenvalue weighted by Crippen LogP contribution is 2.27. The van der Waals surface area contributed by atoms with Crippen molar-refractivity contribution in [1.82, 2.24) is 9.71 Å². The second-order valence-electron chi connectivity index (χ2n) is 4.83. The first kappa shape index (κ1) is 15.8. The number of nitrogens with zero attached hydrogens (tertiary/aromatic N) is 3. The summed E-state index contributed by atoms with van der Waals surface area (Å²) >= 11 is 5.86. The SMILES string of the molecule is O=C(O)COn1c(-c2ccc(Cl)cc2)nc2ccc([N+](=O)[O-])cc21. The fourth-order valence-electron chi connectivity index (χ4n) is 2.19. The lowest BCUT2D eigenvalue weighted by Gasteiger charge is -2.09. The van der Waals surface area contributed by atoms with Crippen LogP contribution in [-0.2, 0) is 4.79 Å². The number of halogens is 1. The Morgan fingerprint density at radius 3 is 2.62 bits per heavy atom. The molecule has 1 aromatic heterocycles. The minimum atomic E-state index is -1.18. The molecular formula is C15H10ClN3O5. The molecule has 0 saturated heterocycles. The average molecular weight is 348 g/mol. The molecule has 8 nitrogen and oxygen atoms in total. The van der Waals surface area contributed by atoms with Gasteiger partial charge in [-0.1, -0.05) is 11.6 Å². The van der Waals surface area contributed by atoms with Crippen LogP contribution in [0.2, 0.25) is 5.02 Å². The summed E-state index contributed by atoms with van der Waals surface area (Å²) in [6, 6.07) is 10.8. The van der Waals surface area contributed by atoms with Gasteiger partial charge in [0, 0.05) is 22.7 Å². The normalized spacial score (nSPS) is 10.7. The molecular weight excluding hydrogens is 338 g/mol. The number of aromatic nitrogens is 2. The van der Waals surface area contributed by atoms with Crippen molar-refractivity contribution < 1.29 is 19.7 Å². The third kappa shape index (κ3) is 2.99. The van der Waals surface area contributed by atoms with Gasteiger partial charge in [0.1, 0.15) is 5.52 Å². The van der Waals surface area contributed by atoms with Crippen LogP contribution in [-0.4, -0.2) is 32.3 Å². The van der Waals surface area contributed by atoms with Crippen LogP contribution in [0.3, 0.4) is 0 Å². The zero-order chi connectivity index (χ0) is 17.3. The molecule has 0 spiro atoms. The van der Waals surface area contributed by atoms with Gasteiger partial charge in [-0.25, -0.2) is 9.78 Å². The molecule has 3 rings (SSSR count). The maximum atomic E-state index is 11.0. The van der Waals surface area contributed by atoms with Crippen molar-refractivity contribution in [1.29, 1.82) is 0 Å². The summed E-state index contributed by atoms with van der Waals surface area (Å²) < 4.78 is 1.18. The van der Waals surface area contributed by atoms with E-state index in [-0.39, 0.29) is 5.69 Å². The molecule has 0 fully saturated rings. The largest absolute Gasteiger partial charge is 0.479 e. The Morgan fingerprint density at radius 1 is 1.29 bits per heavy atom. The van der Waals surface area contributed by atoms with E-state index in [0.717, 1.165) is 0 Å². The molecule has 1 N–H and O–H groups in total. The van der Waals surface area contributed by atoms with Gasteiger partial charge in [-0.2, -0.15) is 4.73 Å². The van der Waals surface area contributed by atoms with E-state index in [4.69, 9.17) is 21.5 Å². The number of aliphatic carboxylic acids is 1. The van der Waals surface area contributed by atoms with Gasteiger partial charge in [0.05, 0.1) is 10.4 Å². The molecule has 2 aromatic carbocycles. The monoisotopic (exact) mass is 347 g/mol. The fraction of sp³-hybridized carbons (Fsp3) is 0.0667. The summed E-state index contributed by atoms with van der Waals surface area (Å²) in [5.41, 5.74) is 1.22. The van der Waals surface area contributed by atoms with Crippen molar-refractivity contribution in [2.75, 3.05) is 6.61 Å². The number of rotatable bonds is 5. The summed E-state index contributed by atoms with van der Waals surface area (Å²) in [6.07, 6.45) is 0. The molecule has 0 atom stereocenters. The number of benzene rings is 2. The summed E-state index contributed by atoms with van der Waals surface area (Å²) in [5.74, 6) is -0.854. The molecule has 0 saturated carbocycles. The Balaban J connectivity index is 2.19. The third-order valence-corrected chi connectivity index (χ3v) is 3.48. The smallest absolute Gasteiger partial charge is 0.344 e. The predicted molar refractivity (Wildman–Crippen MR) is 85.9 cm³/mol. The Kier molecular flexibility index (Phi) is 4.05. The predicted octanol–water partition coefficient (Wildman–Crippen LogP) is 2.78. The third-order valence-electron chi connectivity index (χ3n) is 3.23. The van der Waals surface area contributed by atoms with Crippen molar-refractivity contribution in [3.8, 4) is 11.4 Å². The van der Waals surface area contributed by atoms with E-state index in [1.807, 2.05) is 0 Å². The maximum absolute atomic E-state index is 11.0. The highest BCUT2D eigenvalue weighted by Gasteiger charge is 2.18. The molecule has 0 aliphatic rings. The molecule has 0 amide bonds. The van der Waals surface area contributed by atoms with Crippen molar-refractivity contribution in [2.24, 2.45) is 0 Å². The molecule has 0 bridgehead atoms. The van der Waals surface area contributed by atoms with Gasteiger partial charge in [0.2, 0.25) is 6.61 Å². The highest BCUT2D eigenvalue weighted by molar-refractivity contribution is 6.30. The van der Waals surface area contributed by atoms with Crippen LogP contribution in [0.5, 0.6) is 0 Å². The summed E-state index contributed by atoms with van der Waals surface area (Å²) in [7, 11) is 0. The first-order valence-electron chi connectivity index (χ1n) is 6.73. The number of hydrogen-bond acceptors (Lipinski definition) is 5. The van der Waals surface area contributed by atoms with Gasteiger partial charge in [-0.15, -0.1) is 0 Å². The number of hydrogen-bond donors (Lipinski definition) is 1. The van der Waals surface area contributed by atoms with E-state index in [9.17, 15) is 14.9 Å². The van der Waals surface area contributed by atoms with Crippen molar-refractivity contribution in [3.63, 3.8) is 0 Å². The van der Waals surface area contributed by atoms with Crippen LogP contribution in [0.4, 0.5) is 5.69 Å². The molecule has 0 radical (unpaired) electrons. The summed E-state index contributed by atoms with van der Waals surface area (Å²) in [4.78, 5) is 30.9. The molecule has 9 heteroatoms. The Morgan fingerprint density at radius 2 is 2.00 bits per heavy atom. The Hall–Kier alpha value is -3.13. The first-order chi connectivity index (χ1) is 11.5. The lowest BCUT2D eigenvalue weighted by atomic mass is 10.2. The van der Waals surface area contributed by atoms with Gasteiger partial charge < -0.3 is 9.94 Å². The van der Waals surface area contributed by atoms with Crippen molar-refractivity contribution >= 4 is 34.3 Å². The number of non-ortho nitro benzene ring substituents is 1. The maximum Gasteiger partial charge on any atom is 0.344 e. The van der Waals surface area contributed by atoms with Crippen LogP contribution in [0.15, 0.2) is 42.5 Å². The number of imidazole rings is 1. The summed E-state index contributed by atoms with van der Waals surface area (Å²) in [5, 5.41) is 20.3. The van der Waals surface area contributed by atoms with Gasteiger partial charge in [-0.3, -0.25) is 10.1 Å². The number of nitro groups is 1. The van der Waals surface area contributed by atoms with E-state index >= 15 is 0 Å². The van der Waals surface area contributed by atoms with E-state index in [0.29, 0.717) is 27.4 Å². The minimum Gasteiger partial charge on any atom is -0.479 e. The molecule has 3 aromatic rings. The topological polar surface area (TPSA) is 107 Å². The average Bonchev–Trinajstić information content (AvgIpc) is 2.91. The van der Waals surface area contributed by atoms with E-state index in [1.165, 1.54) is 22.9 Å². The second kappa shape index (κ2) is 6.17. The zero-order valence-electron chi connectivity index (χ0n) is 12.0. The number of fused-ring (bicyclic) bond motifs is 1. The van der Waals surface area contributed by atoms with Crippen LogP contribution in [0.25, 0.3) is 22.4 Å². The van der Waals surface area contributed by atoms with Gasteiger partial charge in [0.25, 0.3) is 5.69 Å². The zero-order valence-corrected chi connectivity index (χ0v) is 12.8. The highest BCUT2D eigenvalue weighted by atomic mass is 35.5. The van der Waals surface area contributed by atoms with Crippen molar-refractivity contribution in [2.45, 2.75) is 0 Å². The number of nitro benzene ring substituents is 1. The Labute approximate surface area is 140 Å². The minimum absolute atomic E-state index is 0.148. The standard InChI is InChI=1S/C15H10ClN3O5/c16-10-3-1-9(2-4-10)15-17-12-6-5-11(19(22)23)7-13(12)18(15)24-8-14(20)21/h1-7H,8H2,(H,20,21). The first-order valence-corrected chi connectivity index (χ1v) is 7.11. The molecule has 122 valence electrons. The van der Waals surface area contributed by atoms with Crippen LogP contribution < -0.4 is 4.84 Å². The number of carbonyl (C=O) groups is 1. The summed E-state index contributed by atoms with van der Waals surface area (Å²) in [6.45, 7) is -0.616. The second-order valence-corrected chi connectivity index (χ2v) is 5.27. The molecule has 0 aliphatic carbocycles. The van der Waals surface area contributed by atoms with Crippen LogP contribution in [0, 0.1) is 10.1 Å². The quantitative estimate of drug-likeness (QED) is 0.561. The van der Waals surface area contributed by atoms with E-state index in [2.05, 4.69) is 4.98 Å². The lowest BCUT2D eigenvalue weighted by Crippen LogP contribution is -2.20. The van der Waals surface area contributed by atoms with Gasteiger partial charge >= 0.3 is 5.97 Å². The van der Waals surface area contributed by atoms with E-state index < -0.39 is 17.5 Å². The molecule has 1 heterocycles.